The molecule has 2 aliphatic rings. The maximum absolute atomic E-state index is 6.32. The topological polar surface area (TPSA) is 54.1 Å². The summed E-state index contributed by atoms with van der Waals surface area (Å²) < 4.78 is 5.52. The first-order valence-electron chi connectivity index (χ1n) is 9.17. The monoisotopic (exact) mass is 350 g/mol. The van der Waals surface area contributed by atoms with Crippen molar-refractivity contribution in [1.29, 1.82) is 0 Å². The SMILES string of the molecule is Cc1ccc(C(CN=C(N)N2CCCCCC2)N2CCOCC2)s1. The minimum Gasteiger partial charge on any atom is -0.379 e. The Labute approximate surface area is 149 Å². The fourth-order valence-electron chi connectivity index (χ4n) is 3.49. The molecule has 2 saturated heterocycles. The lowest BCUT2D eigenvalue weighted by atomic mass is 10.2. The fourth-order valence-corrected chi connectivity index (χ4v) is 4.49. The van der Waals surface area contributed by atoms with Crippen molar-refractivity contribution < 1.29 is 4.74 Å². The maximum atomic E-state index is 6.32. The largest absolute Gasteiger partial charge is 0.379 e. The molecule has 2 aliphatic heterocycles. The van der Waals surface area contributed by atoms with Gasteiger partial charge in [0.25, 0.3) is 0 Å². The third-order valence-electron chi connectivity index (χ3n) is 4.93. The highest BCUT2D eigenvalue weighted by Gasteiger charge is 2.24. The fraction of sp³-hybridized carbons (Fsp3) is 0.722. The molecule has 6 heteroatoms. The van der Waals surface area contributed by atoms with E-state index in [9.17, 15) is 0 Å². The molecule has 2 fully saturated rings. The van der Waals surface area contributed by atoms with Crippen LogP contribution in [-0.2, 0) is 4.74 Å². The van der Waals surface area contributed by atoms with Gasteiger partial charge in [-0.2, -0.15) is 0 Å². The van der Waals surface area contributed by atoms with Gasteiger partial charge >= 0.3 is 0 Å². The van der Waals surface area contributed by atoms with Crippen LogP contribution in [0.1, 0.15) is 41.5 Å². The minimum atomic E-state index is 0.318. The van der Waals surface area contributed by atoms with Crippen molar-refractivity contribution in [3.05, 3.63) is 21.9 Å². The van der Waals surface area contributed by atoms with Crippen LogP contribution in [0.4, 0.5) is 0 Å². The van der Waals surface area contributed by atoms with E-state index in [0.717, 1.165) is 51.9 Å². The van der Waals surface area contributed by atoms with Crippen LogP contribution in [0.15, 0.2) is 17.1 Å². The first-order valence-corrected chi connectivity index (χ1v) is 9.98. The number of hydrogen-bond acceptors (Lipinski definition) is 4. The van der Waals surface area contributed by atoms with Crippen LogP contribution >= 0.6 is 11.3 Å². The molecule has 1 unspecified atom stereocenters. The van der Waals surface area contributed by atoms with Crippen molar-refractivity contribution in [2.75, 3.05) is 45.9 Å². The zero-order valence-electron chi connectivity index (χ0n) is 14.7. The standard InChI is InChI=1S/C18H30N4OS/c1-15-6-7-17(24-15)16(21-10-12-23-13-11-21)14-20-18(19)22-8-4-2-3-5-9-22/h6-7,16H,2-5,8-14H2,1H3,(H2,19,20). The van der Waals surface area contributed by atoms with Gasteiger partial charge in [0, 0.05) is 35.9 Å². The molecule has 2 N–H and O–H groups in total. The molecule has 0 radical (unpaired) electrons. The van der Waals surface area contributed by atoms with E-state index in [1.807, 2.05) is 11.3 Å². The molecular formula is C18H30N4OS. The van der Waals surface area contributed by atoms with E-state index in [-0.39, 0.29) is 0 Å². The Morgan fingerprint density at radius 2 is 1.88 bits per heavy atom. The van der Waals surface area contributed by atoms with Crippen molar-refractivity contribution in [1.82, 2.24) is 9.80 Å². The highest BCUT2D eigenvalue weighted by molar-refractivity contribution is 7.12. The number of ether oxygens (including phenoxy) is 1. The molecule has 5 nitrogen and oxygen atoms in total. The van der Waals surface area contributed by atoms with Gasteiger partial charge in [0.1, 0.15) is 0 Å². The van der Waals surface area contributed by atoms with Crippen LogP contribution in [0, 0.1) is 6.92 Å². The van der Waals surface area contributed by atoms with E-state index in [4.69, 9.17) is 15.5 Å². The number of aryl methyl sites for hydroxylation is 1. The van der Waals surface area contributed by atoms with Gasteiger partial charge in [-0.3, -0.25) is 9.89 Å². The van der Waals surface area contributed by atoms with E-state index in [0.29, 0.717) is 6.04 Å². The van der Waals surface area contributed by atoms with E-state index >= 15 is 0 Å². The molecule has 0 aliphatic carbocycles. The van der Waals surface area contributed by atoms with Crippen LogP contribution in [-0.4, -0.2) is 61.7 Å². The van der Waals surface area contributed by atoms with E-state index < -0.39 is 0 Å². The molecule has 1 atom stereocenters. The van der Waals surface area contributed by atoms with Crippen molar-refractivity contribution in [3.63, 3.8) is 0 Å². The number of likely N-dealkylation sites (tertiary alicyclic amines) is 1. The number of nitrogens with zero attached hydrogens (tertiary/aromatic N) is 3. The summed E-state index contributed by atoms with van der Waals surface area (Å²) in [6, 6.07) is 4.77. The average molecular weight is 351 g/mol. The van der Waals surface area contributed by atoms with Crippen molar-refractivity contribution in [3.8, 4) is 0 Å². The maximum Gasteiger partial charge on any atom is 0.191 e. The Morgan fingerprint density at radius 1 is 1.17 bits per heavy atom. The van der Waals surface area contributed by atoms with Gasteiger partial charge in [0.15, 0.2) is 5.96 Å². The Kier molecular flexibility index (Phi) is 6.51. The first kappa shape index (κ1) is 17.7. The summed E-state index contributed by atoms with van der Waals surface area (Å²) in [7, 11) is 0. The van der Waals surface area contributed by atoms with Gasteiger partial charge in [0.05, 0.1) is 25.8 Å². The smallest absolute Gasteiger partial charge is 0.191 e. The molecule has 0 amide bonds. The molecule has 3 rings (SSSR count). The molecule has 0 saturated carbocycles. The highest BCUT2D eigenvalue weighted by atomic mass is 32.1. The van der Waals surface area contributed by atoms with Gasteiger partial charge in [-0.1, -0.05) is 12.8 Å². The number of thiophene rings is 1. The predicted octanol–water partition coefficient (Wildman–Crippen LogP) is 2.62. The van der Waals surface area contributed by atoms with Crippen LogP contribution in [0.2, 0.25) is 0 Å². The number of aliphatic imine (C=N–C) groups is 1. The molecule has 0 aromatic carbocycles. The summed E-state index contributed by atoms with van der Waals surface area (Å²) in [6.45, 7) is 8.58. The van der Waals surface area contributed by atoms with Crippen LogP contribution < -0.4 is 5.73 Å². The summed E-state index contributed by atoms with van der Waals surface area (Å²) in [6.07, 6.45) is 5.09. The number of morpholine rings is 1. The van der Waals surface area contributed by atoms with E-state index in [1.54, 1.807) is 0 Å². The van der Waals surface area contributed by atoms with Gasteiger partial charge in [0.2, 0.25) is 0 Å². The Morgan fingerprint density at radius 3 is 2.50 bits per heavy atom. The second-order valence-corrected chi connectivity index (χ2v) is 8.03. The number of nitrogens with two attached hydrogens (primary N) is 1. The molecule has 0 bridgehead atoms. The molecule has 3 heterocycles. The highest BCUT2D eigenvalue weighted by Crippen LogP contribution is 2.28. The molecule has 134 valence electrons. The van der Waals surface area contributed by atoms with Gasteiger partial charge in [-0.15, -0.1) is 11.3 Å². The van der Waals surface area contributed by atoms with Crippen LogP contribution in [0.3, 0.4) is 0 Å². The van der Waals surface area contributed by atoms with Gasteiger partial charge < -0.3 is 15.4 Å². The molecule has 1 aromatic heterocycles. The first-order chi connectivity index (χ1) is 11.7. The average Bonchev–Trinajstić information content (AvgIpc) is 2.87. The van der Waals surface area contributed by atoms with Gasteiger partial charge in [-0.05, 0) is 31.9 Å². The second kappa shape index (κ2) is 8.83. The number of guanidine groups is 1. The summed E-state index contributed by atoms with van der Waals surface area (Å²) in [5.41, 5.74) is 6.32. The number of hydrogen-bond donors (Lipinski definition) is 1. The lowest BCUT2D eigenvalue weighted by molar-refractivity contribution is 0.0186. The summed E-state index contributed by atoms with van der Waals surface area (Å²) >= 11 is 1.87. The lowest BCUT2D eigenvalue weighted by Gasteiger charge is -2.33. The zero-order valence-corrected chi connectivity index (χ0v) is 15.6. The summed E-state index contributed by atoms with van der Waals surface area (Å²) in [5, 5.41) is 0. The Bertz CT molecular complexity index is 531. The molecule has 1 aromatic rings. The normalized spacial score (nSPS) is 22.4. The molecule has 24 heavy (non-hydrogen) atoms. The Balaban J connectivity index is 1.69. The van der Waals surface area contributed by atoms with Crippen LogP contribution in [0.5, 0.6) is 0 Å². The van der Waals surface area contributed by atoms with E-state index in [1.165, 1.54) is 35.4 Å². The number of rotatable bonds is 4. The molecular weight excluding hydrogens is 320 g/mol. The summed E-state index contributed by atoms with van der Waals surface area (Å²) in [4.78, 5) is 12.3. The van der Waals surface area contributed by atoms with Crippen molar-refractivity contribution in [2.24, 2.45) is 10.7 Å². The predicted molar refractivity (Wildman–Crippen MR) is 101 cm³/mol. The third kappa shape index (κ3) is 4.71. The Hall–Kier alpha value is -1.11. The summed E-state index contributed by atoms with van der Waals surface area (Å²) in [5.74, 6) is 0.725. The van der Waals surface area contributed by atoms with Crippen molar-refractivity contribution >= 4 is 17.3 Å². The van der Waals surface area contributed by atoms with Gasteiger partial charge in [-0.25, -0.2) is 0 Å². The minimum absolute atomic E-state index is 0.318. The van der Waals surface area contributed by atoms with E-state index in [2.05, 4.69) is 28.9 Å². The quantitative estimate of drug-likeness (QED) is 0.670. The van der Waals surface area contributed by atoms with Crippen molar-refractivity contribution in [2.45, 2.75) is 38.6 Å². The molecule has 0 spiro atoms. The second-order valence-electron chi connectivity index (χ2n) is 6.71. The third-order valence-corrected chi connectivity index (χ3v) is 6.03. The zero-order chi connectivity index (χ0) is 16.8. The lowest BCUT2D eigenvalue weighted by Crippen LogP contribution is -2.41. The van der Waals surface area contributed by atoms with Crippen LogP contribution in [0.25, 0.3) is 0 Å².